The topological polar surface area (TPSA) is 52.3 Å². The molecule has 26 heavy (non-hydrogen) atoms. The average molecular weight is 346 g/mol. The van der Waals surface area contributed by atoms with Crippen molar-refractivity contribution in [2.75, 3.05) is 7.11 Å². The van der Waals surface area contributed by atoms with Crippen molar-refractivity contribution < 1.29 is 4.74 Å². The SMILES string of the molecule is COc1ccc(C=Nc2ccc(-c3nnc4n3CCCCC4)cc2)cc1. The molecule has 0 fully saturated rings. The van der Waals surface area contributed by atoms with Crippen LogP contribution in [-0.2, 0) is 13.0 Å². The summed E-state index contributed by atoms with van der Waals surface area (Å²) < 4.78 is 7.44. The normalized spacial score (nSPS) is 14.2. The van der Waals surface area contributed by atoms with E-state index in [1.54, 1.807) is 7.11 Å². The van der Waals surface area contributed by atoms with Gasteiger partial charge in [0.2, 0.25) is 0 Å². The highest BCUT2D eigenvalue weighted by atomic mass is 16.5. The van der Waals surface area contributed by atoms with Crippen LogP contribution in [0, 0.1) is 0 Å². The van der Waals surface area contributed by atoms with Crippen molar-refractivity contribution in [3.05, 3.63) is 59.9 Å². The molecule has 0 aliphatic carbocycles. The fourth-order valence-electron chi connectivity index (χ4n) is 3.23. The summed E-state index contributed by atoms with van der Waals surface area (Å²) in [6.07, 6.45) is 6.55. The van der Waals surface area contributed by atoms with Gasteiger partial charge in [-0.05, 0) is 66.9 Å². The standard InChI is InChI=1S/C21H22N4O/c1-26-19-12-6-16(7-13-19)15-22-18-10-8-17(9-11-18)21-24-23-20-5-3-2-4-14-25(20)21/h6-13,15H,2-5,14H2,1H3. The van der Waals surface area contributed by atoms with E-state index in [0.29, 0.717) is 0 Å². The van der Waals surface area contributed by atoms with Crippen molar-refractivity contribution in [1.82, 2.24) is 14.8 Å². The van der Waals surface area contributed by atoms with Crippen LogP contribution < -0.4 is 4.74 Å². The van der Waals surface area contributed by atoms with Crippen molar-refractivity contribution in [3.8, 4) is 17.1 Å². The minimum atomic E-state index is 0.846. The van der Waals surface area contributed by atoms with Crippen LogP contribution >= 0.6 is 0 Å². The second-order valence-corrected chi connectivity index (χ2v) is 6.48. The summed E-state index contributed by atoms with van der Waals surface area (Å²) in [5.41, 5.74) is 3.05. The molecule has 5 heteroatoms. The van der Waals surface area contributed by atoms with Gasteiger partial charge in [-0.15, -0.1) is 10.2 Å². The van der Waals surface area contributed by atoms with Crippen molar-refractivity contribution >= 4 is 11.9 Å². The third-order valence-corrected chi connectivity index (χ3v) is 4.71. The van der Waals surface area contributed by atoms with Gasteiger partial charge < -0.3 is 9.30 Å². The Kier molecular flexibility index (Phi) is 4.78. The lowest BCUT2D eigenvalue weighted by molar-refractivity contribution is 0.415. The van der Waals surface area contributed by atoms with Crippen LogP contribution in [-0.4, -0.2) is 28.1 Å². The molecule has 132 valence electrons. The van der Waals surface area contributed by atoms with Crippen LogP contribution in [0.2, 0.25) is 0 Å². The van der Waals surface area contributed by atoms with Gasteiger partial charge in [0.1, 0.15) is 11.6 Å². The maximum atomic E-state index is 5.17. The predicted molar refractivity (Wildman–Crippen MR) is 103 cm³/mol. The number of benzene rings is 2. The maximum absolute atomic E-state index is 5.17. The third kappa shape index (κ3) is 3.52. The Morgan fingerprint density at radius 1 is 0.962 bits per heavy atom. The van der Waals surface area contributed by atoms with E-state index >= 15 is 0 Å². The smallest absolute Gasteiger partial charge is 0.163 e. The summed E-state index contributed by atoms with van der Waals surface area (Å²) in [5, 5.41) is 8.79. The summed E-state index contributed by atoms with van der Waals surface area (Å²) in [4.78, 5) is 4.55. The molecule has 0 amide bonds. The van der Waals surface area contributed by atoms with Gasteiger partial charge in [0.05, 0.1) is 12.8 Å². The summed E-state index contributed by atoms with van der Waals surface area (Å²) in [6, 6.07) is 16.0. The van der Waals surface area contributed by atoms with Crippen molar-refractivity contribution in [2.24, 2.45) is 4.99 Å². The first-order valence-electron chi connectivity index (χ1n) is 9.04. The summed E-state index contributed by atoms with van der Waals surface area (Å²) in [5.74, 6) is 2.92. The lowest BCUT2D eigenvalue weighted by Crippen LogP contribution is -2.02. The average Bonchev–Trinajstić information content (AvgIpc) is 2.95. The lowest BCUT2D eigenvalue weighted by Gasteiger charge is -2.07. The lowest BCUT2D eigenvalue weighted by atomic mass is 10.2. The molecule has 1 aliphatic rings. The molecule has 0 saturated carbocycles. The number of aromatic nitrogens is 3. The van der Waals surface area contributed by atoms with Crippen molar-refractivity contribution in [2.45, 2.75) is 32.2 Å². The number of fused-ring (bicyclic) bond motifs is 1. The summed E-state index contributed by atoms with van der Waals surface area (Å²) >= 11 is 0. The highest BCUT2D eigenvalue weighted by molar-refractivity contribution is 5.82. The van der Waals surface area contributed by atoms with E-state index in [2.05, 4.69) is 31.9 Å². The zero-order chi connectivity index (χ0) is 17.8. The minimum Gasteiger partial charge on any atom is -0.497 e. The Labute approximate surface area is 153 Å². The number of hydrogen-bond donors (Lipinski definition) is 0. The van der Waals surface area contributed by atoms with E-state index in [0.717, 1.165) is 47.2 Å². The first kappa shape index (κ1) is 16.5. The zero-order valence-electron chi connectivity index (χ0n) is 14.9. The molecule has 2 heterocycles. The largest absolute Gasteiger partial charge is 0.497 e. The van der Waals surface area contributed by atoms with Crippen molar-refractivity contribution in [3.63, 3.8) is 0 Å². The predicted octanol–water partition coefficient (Wildman–Crippen LogP) is 4.43. The Bertz CT molecular complexity index is 895. The van der Waals surface area contributed by atoms with E-state index < -0.39 is 0 Å². The van der Waals surface area contributed by atoms with E-state index in [1.165, 1.54) is 19.3 Å². The Hall–Kier alpha value is -2.95. The molecule has 5 nitrogen and oxygen atoms in total. The Morgan fingerprint density at radius 2 is 1.77 bits per heavy atom. The molecular weight excluding hydrogens is 324 g/mol. The highest BCUT2D eigenvalue weighted by Crippen LogP contribution is 2.24. The Balaban J connectivity index is 1.52. The molecule has 0 N–H and O–H groups in total. The van der Waals surface area contributed by atoms with Gasteiger partial charge in [-0.3, -0.25) is 4.99 Å². The number of ether oxygens (including phenoxy) is 1. The second-order valence-electron chi connectivity index (χ2n) is 6.48. The fraction of sp³-hybridized carbons (Fsp3) is 0.286. The molecule has 4 rings (SSSR count). The number of methoxy groups -OCH3 is 1. The van der Waals surface area contributed by atoms with Crippen LogP contribution in [0.15, 0.2) is 53.5 Å². The van der Waals surface area contributed by atoms with Gasteiger partial charge in [0.15, 0.2) is 5.82 Å². The zero-order valence-corrected chi connectivity index (χ0v) is 14.9. The van der Waals surface area contributed by atoms with Crippen molar-refractivity contribution in [1.29, 1.82) is 0 Å². The van der Waals surface area contributed by atoms with Gasteiger partial charge in [-0.1, -0.05) is 6.42 Å². The number of aryl methyl sites for hydroxylation is 1. The molecule has 0 radical (unpaired) electrons. The number of rotatable bonds is 4. The first-order chi connectivity index (χ1) is 12.8. The van der Waals surface area contributed by atoms with Gasteiger partial charge >= 0.3 is 0 Å². The van der Waals surface area contributed by atoms with Crippen LogP contribution in [0.4, 0.5) is 5.69 Å². The minimum absolute atomic E-state index is 0.846. The number of aliphatic imine (C=N–C) groups is 1. The molecule has 0 saturated heterocycles. The Morgan fingerprint density at radius 3 is 2.54 bits per heavy atom. The molecular formula is C21H22N4O. The van der Waals surface area contributed by atoms with Crippen LogP contribution in [0.1, 0.15) is 30.7 Å². The monoisotopic (exact) mass is 346 g/mol. The van der Waals surface area contributed by atoms with Gasteiger partial charge in [0, 0.05) is 24.7 Å². The summed E-state index contributed by atoms with van der Waals surface area (Å²) in [7, 11) is 1.67. The van der Waals surface area contributed by atoms with Crippen LogP contribution in [0.3, 0.4) is 0 Å². The van der Waals surface area contributed by atoms with E-state index in [1.807, 2.05) is 42.6 Å². The second kappa shape index (κ2) is 7.52. The van der Waals surface area contributed by atoms with Gasteiger partial charge in [-0.25, -0.2) is 0 Å². The molecule has 1 aliphatic heterocycles. The van der Waals surface area contributed by atoms with E-state index in [9.17, 15) is 0 Å². The van der Waals surface area contributed by atoms with Gasteiger partial charge in [-0.2, -0.15) is 0 Å². The molecule has 2 aromatic carbocycles. The molecule has 0 bridgehead atoms. The number of nitrogens with zero attached hydrogens (tertiary/aromatic N) is 4. The maximum Gasteiger partial charge on any atom is 0.163 e. The quantitative estimate of drug-likeness (QED) is 0.657. The third-order valence-electron chi connectivity index (χ3n) is 4.71. The first-order valence-corrected chi connectivity index (χ1v) is 9.04. The number of hydrogen-bond acceptors (Lipinski definition) is 4. The molecule has 1 aromatic heterocycles. The van der Waals surface area contributed by atoms with Crippen LogP contribution in [0.5, 0.6) is 5.75 Å². The molecule has 0 unspecified atom stereocenters. The molecule has 0 spiro atoms. The highest BCUT2D eigenvalue weighted by Gasteiger charge is 2.15. The molecule has 3 aromatic rings. The van der Waals surface area contributed by atoms with Crippen LogP contribution in [0.25, 0.3) is 11.4 Å². The van der Waals surface area contributed by atoms with E-state index in [-0.39, 0.29) is 0 Å². The van der Waals surface area contributed by atoms with E-state index in [4.69, 9.17) is 4.74 Å². The molecule has 0 atom stereocenters. The van der Waals surface area contributed by atoms with Gasteiger partial charge in [0.25, 0.3) is 0 Å². The summed E-state index contributed by atoms with van der Waals surface area (Å²) in [6.45, 7) is 1.01. The fourth-order valence-corrected chi connectivity index (χ4v) is 3.23.